The van der Waals surface area contributed by atoms with E-state index in [0.29, 0.717) is 36.2 Å². The second kappa shape index (κ2) is 9.57. The Morgan fingerprint density at radius 2 is 1.71 bits per heavy atom. The summed E-state index contributed by atoms with van der Waals surface area (Å²) < 4.78 is 10.6. The minimum atomic E-state index is 0.113. The fourth-order valence-corrected chi connectivity index (χ4v) is 2.69. The molecule has 0 saturated carbocycles. The van der Waals surface area contributed by atoms with Crippen molar-refractivity contribution in [2.24, 2.45) is 0 Å². The molecular formula is C21H24N4O3. The number of rotatable bonds is 9. The zero-order chi connectivity index (χ0) is 19.8. The SMILES string of the molecule is COc1ccc(Nc2cc(-c3ccccc3)nc(NCCCO)n2)cc1OC. The fourth-order valence-electron chi connectivity index (χ4n) is 2.69. The van der Waals surface area contributed by atoms with Gasteiger partial charge >= 0.3 is 0 Å². The highest BCUT2D eigenvalue weighted by molar-refractivity contribution is 5.68. The number of aliphatic hydroxyl groups is 1. The van der Waals surface area contributed by atoms with Gasteiger partial charge in [-0.3, -0.25) is 0 Å². The van der Waals surface area contributed by atoms with Gasteiger partial charge in [0.25, 0.3) is 0 Å². The summed E-state index contributed by atoms with van der Waals surface area (Å²) in [7, 11) is 3.20. The second-order valence-corrected chi connectivity index (χ2v) is 6.03. The normalized spacial score (nSPS) is 10.4. The number of aliphatic hydroxyl groups excluding tert-OH is 1. The Kier molecular flexibility index (Phi) is 6.64. The summed E-state index contributed by atoms with van der Waals surface area (Å²) >= 11 is 0. The van der Waals surface area contributed by atoms with Crippen molar-refractivity contribution in [3.8, 4) is 22.8 Å². The van der Waals surface area contributed by atoms with Crippen molar-refractivity contribution >= 4 is 17.5 Å². The number of methoxy groups -OCH3 is 2. The Hall–Kier alpha value is -3.32. The van der Waals surface area contributed by atoms with Gasteiger partial charge in [-0.2, -0.15) is 4.98 Å². The number of hydrogen-bond acceptors (Lipinski definition) is 7. The molecule has 0 atom stereocenters. The van der Waals surface area contributed by atoms with E-state index in [2.05, 4.69) is 20.6 Å². The average Bonchev–Trinajstić information content (AvgIpc) is 2.74. The molecule has 146 valence electrons. The first-order valence-corrected chi connectivity index (χ1v) is 9.02. The van der Waals surface area contributed by atoms with E-state index in [9.17, 15) is 0 Å². The molecule has 1 heterocycles. The van der Waals surface area contributed by atoms with Crippen LogP contribution in [0.4, 0.5) is 17.5 Å². The molecule has 0 aliphatic heterocycles. The van der Waals surface area contributed by atoms with Gasteiger partial charge in [0, 0.05) is 36.5 Å². The molecule has 0 aliphatic rings. The molecule has 0 spiro atoms. The molecule has 0 amide bonds. The first-order chi connectivity index (χ1) is 13.7. The molecule has 3 rings (SSSR count). The van der Waals surface area contributed by atoms with E-state index in [-0.39, 0.29) is 6.61 Å². The maximum Gasteiger partial charge on any atom is 0.225 e. The molecule has 7 nitrogen and oxygen atoms in total. The van der Waals surface area contributed by atoms with Gasteiger partial charge in [-0.05, 0) is 18.6 Å². The Morgan fingerprint density at radius 3 is 2.43 bits per heavy atom. The molecule has 0 unspecified atom stereocenters. The van der Waals surface area contributed by atoms with Crippen LogP contribution in [-0.4, -0.2) is 42.4 Å². The molecule has 28 heavy (non-hydrogen) atoms. The third-order valence-electron chi connectivity index (χ3n) is 4.07. The lowest BCUT2D eigenvalue weighted by atomic mass is 10.1. The lowest BCUT2D eigenvalue weighted by molar-refractivity contribution is 0.292. The molecular weight excluding hydrogens is 356 g/mol. The Balaban J connectivity index is 1.91. The van der Waals surface area contributed by atoms with Crippen LogP contribution in [-0.2, 0) is 0 Å². The van der Waals surface area contributed by atoms with Crippen LogP contribution in [0.25, 0.3) is 11.3 Å². The van der Waals surface area contributed by atoms with Crippen molar-refractivity contribution in [1.82, 2.24) is 9.97 Å². The lowest BCUT2D eigenvalue weighted by Gasteiger charge is -2.13. The number of hydrogen-bond donors (Lipinski definition) is 3. The van der Waals surface area contributed by atoms with Crippen LogP contribution < -0.4 is 20.1 Å². The topological polar surface area (TPSA) is 88.5 Å². The third-order valence-corrected chi connectivity index (χ3v) is 4.07. The highest BCUT2D eigenvalue weighted by Crippen LogP contribution is 2.31. The smallest absolute Gasteiger partial charge is 0.225 e. The minimum absolute atomic E-state index is 0.113. The van der Waals surface area contributed by atoms with E-state index in [0.717, 1.165) is 16.9 Å². The molecule has 0 aliphatic carbocycles. The number of nitrogens with zero attached hydrogens (tertiary/aromatic N) is 2. The number of nitrogens with one attached hydrogen (secondary N) is 2. The summed E-state index contributed by atoms with van der Waals surface area (Å²) in [5, 5.41) is 15.5. The quantitative estimate of drug-likeness (QED) is 0.488. The third kappa shape index (κ3) is 4.89. The van der Waals surface area contributed by atoms with E-state index in [1.807, 2.05) is 54.6 Å². The molecule has 1 aromatic heterocycles. The molecule has 0 bridgehead atoms. The number of aromatic nitrogens is 2. The van der Waals surface area contributed by atoms with Crippen LogP contribution in [0.1, 0.15) is 6.42 Å². The molecule has 3 aromatic rings. The second-order valence-electron chi connectivity index (χ2n) is 6.03. The first-order valence-electron chi connectivity index (χ1n) is 9.02. The summed E-state index contributed by atoms with van der Waals surface area (Å²) in [4.78, 5) is 9.13. The molecule has 7 heteroatoms. The summed E-state index contributed by atoms with van der Waals surface area (Å²) in [5.74, 6) is 2.43. The van der Waals surface area contributed by atoms with Crippen LogP contribution in [0.15, 0.2) is 54.6 Å². The lowest BCUT2D eigenvalue weighted by Crippen LogP contribution is -2.08. The van der Waals surface area contributed by atoms with E-state index < -0.39 is 0 Å². The fraction of sp³-hybridized carbons (Fsp3) is 0.238. The maximum absolute atomic E-state index is 9.00. The van der Waals surface area contributed by atoms with Crippen LogP contribution in [0.3, 0.4) is 0 Å². The van der Waals surface area contributed by atoms with Crippen LogP contribution in [0.5, 0.6) is 11.5 Å². The predicted molar refractivity (Wildman–Crippen MR) is 110 cm³/mol. The Morgan fingerprint density at radius 1 is 0.929 bits per heavy atom. The summed E-state index contributed by atoms with van der Waals surface area (Å²) in [5.41, 5.74) is 2.60. The molecule has 0 radical (unpaired) electrons. The minimum Gasteiger partial charge on any atom is -0.493 e. The van der Waals surface area contributed by atoms with Crippen LogP contribution in [0.2, 0.25) is 0 Å². The predicted octanol–water partition coefficient (Wildman–Crippen LogP) is 3.70. The van der Waals surface area contributed by atoms with Gasteiger partial charge in [0.2, 0.25) is 5.95 Å². The zero-order valence-electron chi connectivity index (χ0n) is 16.0. The number of benzene rings is 2. The first kappa shape index (κ1) is 19.4. The van der Waals surface area contributed by atoms with Crippen molar-refractivity contribution in [2.75, 3.05) is 38.0 Å². The van der Waals surface area contributed by atoms with Gasteiger partial charge in [-0.25, -0.2) is 4.98 Å². The van der Waals surface area contributed by atoms with Crippen molar-refractivity contribution < 1.29 is 14.6 Å². The van der Waals surface area contributed by atoms with Gasteiger partial charge in [0.05, 0.1) is 19.9 Å². The van der Waals surface area contributed by atoms with E-state index in [1.165, 1.54) is 0 Å². The van der Waals surface area contributed by atoms with Gasteiger partial charge in [0.15, 0.2) is 11.5 Å². The van der Waals surface area contributed by atoms with Crippen molar-refractivity contribution in [1.29, 1.82) is 0 Å². The van der Waals surface area contributed by atoms with Crippen LogP contribution >= 0.6 is 0 Å². The number of ether oxygens (including phenoxy) is 2. The summed E-state index contributed by atoms with van der Waals surface area (Å²) in [6, 6.07) is 17.4. The molecule has 2 aromatic carbocycles. The summed E-state index contributed by atoms with van der Waals surface area (Å²) in [6.07, 6.45) is 0.622. The Labute approximate surface area is 164 Å². The van der Waals surface area contributed by atoms with Gasteiger partial charge in [-0.15, -0.1) is 0 Å². The largest absolute Gasteiger partial charge is 0.493 e. The standard InChI is InChI=1S/C21H24N4O3/c1-27-18-10-9-16(13-19(18)28-2)23-20-14-17(15-7-4-3-5-8-15)24-21(25-20)22-11-6-12-26/h3-5,7-10,13-14,26H,6,11-12H2,1-2H3,(H2,22,23,24,25). The van der Waals surface area contributed by atoms with Crippen molar-refractivity contribution in [3.63, 3.8) is 0 Å². The van der Waals surface area contributed by atoms with E-state index >= 15 is 0 Å². The maximum atomic E-state index is 9.00. The monoisotopic (exact) mass is 380 g/mol. The van der Waals surface area contributed by atoms with E-state index in [4.69, 9.17) is 14.6 Å². The number of anilines is 3. The van der Waals surface area contributed by atoms with Gasteiger partial charge in [0.1, 0.15) is 5.82 Å². The Bertz CT molecular complexity index is 903. The van der Waals surface area contributed by atoms with Gasteiger partial charge < -0.3 is 25.2 Å². The van der Waals surface area contributed by atoms with E-state index in [1.54, 1.807) is 14.2 Å². The highest BCUT2D eigenvalue weighted by atomic mass is 16.5. The molecule has 0 fully saturated rings. The molecule has 0 saturated heterocycles. The zero-order valence-corrected chi connectivity index (χ0v) is 16.0. The van der Waals surface area contributed by atoms with Crippen molar-refractivity contribution in [2.45, 2.75) is 6.42 Å². The van der Waals surface area contributed by atoms with Crippen LogP contribution in [0, 0.1) is 0 Å². The summed E-state index contributed by atoms with van der Waals surface area (Å²) in [6.45, 7) is 0.701. The average molecular weight is 380 g/mol. The van der Waals surface area contributed by atoms with Gasteiger partial charge in [-0.1, -0.05) is 30.3 Å². The van der Waals surface area contributed by atoms with Crippen molar-refractivity contribution in [3.05, 3.63) is 54.6 Å². The highest BCUT2D eigenvalue weighted by Gasteiger charge is 2.09. The molecule has 3 N–H and O–H groups in total.